The average molecular weight is 144 g/mol. The van der Waals surface area contributed by atoms with E-state index in [1.54, 1.807) is 0 Å². The molecule has 0 aromatic heterocycles. The zero-order valence-electron chi connectivity index (χ0n) is 4.79. The fourth-order valence-electron chi connectivity index (χ4n) is 0.253. The zero-order chi connectivity index (χ0) is 5.86. The van der Waals surface area contributed by atoms with Crippen LogP contribution in [-0.4, -0.2) is 60.0 Å². The molecule has 0 aromatic carbocycles. The van der Waals surface area contributed by atoms with E-state index in [0.29, 0.717) is 0 Å². The Labute approximate surface area is 77.7 Å². The van der Waals surface area contributed by atoms with Gasteiger partial charge in [-0.3, -0.25) is 4.79 Å². The van der Waals surface area contributed by atoms with E-state index in [2.05, 4.69) is 0 Å². The van der Waals surface area contributed by atoms with Crippen LogP contribution in [-0.2, 0) is 4.79 Å². The number of aliphatic hydroxyl groups excluding tert-OH is 1. The van der Waals surface area contributed by atoms with Gasteiger partial charge in [-0.25, -0.2) is 0 Å². The summed E-state index contributed by atoms with van der Waals surface area (Å²) in [5, 5.41) is 16.3. The second-order valence-electron chi connectivity index (χ2n) is 1.45. The molecular formula is C4H8CaO3. The molecule has 2 N–H and O–H groups in total. The van der Waals surface area contributed by atoms with Crippen molar-refractivity contribution < 1.29 is 15.0 Å². The number of carboxylic acids is 1. The molecule has 0 bridgehead atoms. The molecule has 0 aromatic rings. The van der Waals surface area contributed by atoms with Crippen molar-refractivity contribution in [1.82, 2.24) is 0 Å². The molecule has 3 nitrogen and oxygen atoms in total. The summed E-state index contributed by atoms with van der Waals surface area (Å²) in [7, 11) is 0. The Morgan fingerprint density at radius 2 is 2.12 bits per heavy atom. The largest absolute Gasteiger partial charge is 0.481 e. The standard InChI is InChI=1S/C4H8O3.Ca/c1-3(5)2-4(6)7;/h3,5H,2H2,1H3,(H,6,7);. The molecule has 2 radical (unpaired) electrons. The van der Waals surface area contributed by atoms with E-state index < -0.39 is 12.1 Å². The van der Waals surface area contributed by atoms with Gasteiger partial charge in [0.15, 0.2) is 0 Å². The Morgan fingerprint density at radius 1 is 1.75 bits per heavy atom. The smallest absolute Gasteiger partial charge is 0.305 e. The van der Waals surface area contributed by atoms with Gasteiger partial charge < -0.3 is 10.2 Å². The molecule has 0 rings (SSSR count). The minimum Gasteiger partial charge on any atom is -0.481 e. The van der Waals surface area contributed by atoms with Gasteiger partial charge in [-0.15, -0.1) is 0 Å². The Morgan fingerprint density at radius 3 is 2.12 bits per heavy atom. The molecule has 44 valence electrons. The molecule has 0 saturated carbocycles. The summed E-state index contributed by atoms with van der Waals surface area (Å²) >= 11 is 0. The van der Waals surface area contributed by atoms with Crippen LogP contribution in [0.2, 0.25) is 0 Å². The first-order valence-electron chi connectivity index (χ1n) is 2.03. The number of aliphatic carboxylic acids is 1. The number of carboxylic acid groups (broad SMARTS) is 1. The Hall–Kier alpha value is 0.690. The van der Waals surface area contributed by atoms with Gasteiger partial charge in [-0.2, -0.15) is 0 Å². The summed E-state index contributed by atoms with van der Waals surface area (Å²) in [4.78, 5) is 9.65. The first-order valence-corrected chi connectivity index (χ1v) is 2.03. The van der Waals surface area contributed by atoms with Crippen LogP contribution in [0, 0.1) is 0 Å². The van der Waals surface area contributed by atoms with Crippen molar-refractivity contribution >= 4 is 43.7 Å². The first kappa shape index (κ1) is 11.5. The van der Waals surface area contributed by atoms with Crippen molar-refractivity contribution in [2.75, 3.05) is 0 Å². The van der Waals surface area contributed by atoms with Crippen LogP contribution >= 0.6 is 0 Å². The van der Waals surface area contributed by atoms with Gasteiger partial charge in [0.25, 0.3) is 0 Å². The van der Waals surface area contributed by atoms with Crippen LogP contribution < -0.4 is 0 Å². The van der Waals surface area contributed by atoms with E-state index in [9.17, 15) is 4.79 Å². The van der Waals surface area contributed by atoms with Gasteiger partial charge in [0, 0.05) is 37.7 Å². The van der Waals surface area contributed by atoms with E-state index >= 15 is 0 Å². The fraction of sp³-hybridized carbons (Fsp3) is 0.750. The molecule has 0 aliphatic heterocycles. The molecule has 1 unspecified atom stereocenters. The molecule has 0 saturated heterocycles. The number of aliphatic hydroxyl groups is 1. The maximum Gasteiger partial charge on any atom is 0.305 e. The van der Waals surface area contributed by atoms with E-state index in [0.717, 1.165) is 0 Å². The third-order valence-corrected chi connectivity index (χ3v) is 0.470. The minimum absolute atomic E-state index is 0. The van der Waals surface area contributed by atoms with Crippen molar-refractivity contribution in [3.05, 3.63) is 0 Å². The molecule has 8 heavy (non-hydrogen) atoms. The molecular weight excluding hydrogens is 136 g/mol. The predicted octanol–water partition coefficient (Wildman–Crippen LogP) is -0.539. The van der Waals surface area contributed by atoms with Crippen LogP contribution in [0.15, 0.2) is 0 Å². The number of rotatable bonds is 2. The monoisotopic (exact) mass is 144 g/mol. The predicted molar refractivity (Wildman–Crippen MR) is 29.7 cm³/mol. The molecule has 0 fully saturated rings. The van der Waals surface area contributed by atoms with Gasteiger partial charge in [-0.1, -0.05) is 0 Å². The van der Waals surface area contributed by atoms with E-state index in [4.69, 9.17) is 10.2 Å². The average Bonchev–Trinajstić information content (AvgIpc) is 1.27. The van der Waals surface area contributed by atoms with Crippen molar-refractivity contribution in [3.8, 4) is 0 Å². The van der Waals surface area contributed by atoms with Crippen LogP contribution in [0.1, 0.15) is 13.3 Å². The van der Waals surface area contributed by atoms with E-state index in [-0.39, 0.29) is 44.2 Å². The number of hydrogen-bond donors (Lipinski definition) is 2. The van der Waals surface area contributed by atoms with Gasteiger partial charge in [0.05, 0.1) is 12.5 Å². The molecule has 0 amide bonds. The molecule has 0 heterocycles. The van der Waals surface area contributed by atoms with Crippen molar-refractivity contribution in [2.45, 2.75) is 19.4 Å². The zero-order valence-corrected chi connectivity index (χ0v) is 7.00. The van der Waals surface area contributed by atoms with Gasteiger partial charge >= 0.3 is 5.97 Å². The quantitative estimate of drug-likeness (QED) is 0.512. The summed E-state index contributed by atoms with van der Waals surface area (Å²) in [6.07, 6.45) is -0.891. The fourth-order valence-corrected chi connectivity index (χ4v) is 0.253. The summed E-state index contributed by atoms with van der Waals surface area (Å²) < 4.78 is 0. The Kier molecular flexibility index (Phi) is 8.35. The Balaban J connectivity index is 0. The first-order chi connectivity index (χ1) is 3.13. The third kappa shape index (κ3) is 9.85. The van der Waals surface area contributed by atoms with Crippen LogP contribution in [0.25, 0.3) is 0 Å². The van der Waals surface area contributed by atoms with Crippen molar-refractivity contribution in [3.63, 3.8) is 0 Å². The van der Waals surface area contributed by atoms with Crippen LogP contribution in [0.3, 0.4) is 0 Å². The topological polar surface area (TPSA) is 57.5 Å². The maximum atomic E-state index is 9.65. The molecule has 1 atom stereocenters. The molecule has 4 heteroatoms. The molecule has 0 aliphatic carbocycles. The Bertz CT molecular complexity index is 71.7. The minimum atomic E-state index is -0.963. The second-order valence-corrected chi connectivity index (χ2v) is 1.45. The van der Waals surface area contributed by atoms with Crippen molar-refractivity contribution in [1.29, 1.82) is 0 Å². The number of hydrogen-bond acceptors (Lipinski definition) is 2. The summed E-state index contributed by atoms with van der Waals surface area (Å²) in [5.41, 5.74) is 0. The van der Waals surface area contributed by atoms with Gasteiger partial charge in [0.2, 0.25) is 0 Å². The summed E-state index contributed by atoms with van der Waals surface area (Å²) in [6, 6.07) is 0. The van der Waals surface area contributed by atoms with Gasteiger partial charge in [0.1, 0.15) is 0 Å². The second kappa shape index (κ2) is 5.82. The molecule has 0 aliphatic rings. The maximum absolute atomic E-state index is 9.65. The van der Waals surface area contributed by atoms with E-state index in [1.165, 1.54) is 6.92 Å². The van der Waals surface area contributed by atoms with Crippen LogP contribution in [0.4, 0.5) is 0 Å². The normalized spacial score (nSPS) is 11.8. The van der Waals surface area contributed by atoms with E-state index in [1.807, 2.05) is 0 Å². The molecule has 0 spiro atoms. The van der Waals surface area contributed by atoms with Gasteiger partial charge in [-0.05, 0) is 6.92 Å². The van der Waals surface area contributed by atoms with Crippen LogP contribution in [0.5, 0.6) is 0 Å². The number of carbonyl (C=O) groups is 1. The summed E-state index contributed by atoms with van der Waals surface area (Å²) in [6.45, 7) is 1.44. The SMILES string of the molecule is CC(O)CC(=O)O.[Ca]. The summed E-state index contributed by atoms with van der Waals surface area (Å²) in [5.74, 6) is -0.963. The van der Waals surface area contributed by atoms with Crippen molar-refractivity contribution in [2.24, 2.45) is 0 Å². The third-order valence-electron chi connectivity index (χ3n) is 0.470.